The summed E-state index contributed by atoms with van der Waals surface area (Å²) in [6, 6.07) is 12.7. The third kappa shape index (κ3) is 8.47. The van der Waals surface area contributed by atoms with Gasteiger partial charge >= 0.3 is 6.09 Å². The molecule has 7 rings (SSSR count). The van der Waals surface area contributed by atoms with Gasteiger partial charge < -0.3 is 25.0 Å². The van der Waals surface area contributed by atoms with Gasteiger partial charge in [-0.05, 0) is 67.7 Å². The van der Waals surface area contributed by atoms with Crippen molar-refractivity contribution in [3.63, 3.8) is 0 Å². The topological polar surface area (TPSA) is 191 Å². The Bertz CT molecular complexity index is 2180. The molecule has 16 heteroatoms. The molecule has 0 spiro atoms. The Hall–Kier alpha value is -5.25. The number of hydrogen-bond acceptors (Lipinski definition) is 10. The first kappa shape index (κ1) is 40.9. The van der Waals surface area contributed by atoms with Gasteiger partial charge in [0.2, 0.25) is 21.8 Å². The van der Waals surface area contributed by atoms with Gasteiger partial charge in [0.25, 0.3) is 5.91 Å². The van der Waals surface area contributed by atoms with Crippen molar-refractivity contribution in [1.29, 1.82) is 0 Å². The predicted molar refractivity (Wildman–Crippen MR) is 216 cm³/mol. The molecule has 2 aromatic carbocycles. The summed E-state index contributed by atoms with van der Waals surface area (Å²) in [5.41, 5.74) is 1.54. The smallest absolute Gasteiger partial charge is 0.407 e. The number of aromatic nitrogens is 3. The Balaban J connectivity index is 1.29. The van der Waals surface area contributed by atoms with Crippen LogP contribution in [0.4, 0.5) is 4.79 Å². The van der Waals surface area contributed by atoms with Crippen LogP contribution in [0.1, 0.15) is 83.7 Å². The number of alkyl carbamates (subject to hydrolysis) is 1. The van der Waals surface area contributed by atoms with Crippen molar-refractivity contribution in [2.24, 2.45) is 11.3 Å². The van der Waals surface area contributed by atoms with Crippen LogP contribution in [0.25, 0.3) is 22.5 Å². The van der Waals surface area contributed by atoms with Crippen LogP contribution < -0.4 is 20.1 Å². The molecule has 58 heavy (non-hydrogen) atoms. The number of benzene rings is 2. The lowest BCUT2D eigenvalue weighted by Crippen LogP contribution is -2.60. The second kappa shape index (κ2) is 16.2. The summed E-state index contributed by atoms with van der Waals surface area (Å²) in [5.74, 6) is -1.78. The molecule has 4 aliphatic rings. The molecule has 2 aliphatic heterocycles. The van der Waals surface area contributed by atoms with Gasteiger partial charge in [-0.25, -0.2) is 13.2 Å². The molecule has 3 aromatic rings. The van der Waals surface area contributed by atoms with Gasteiger partial charge in [0, 0.05) is 30.0 Å². The van der Waals surface area contributed by atoms with Gasteiger partial charge in [-0.2, -0.15) is 15.0 Å². The Morgan fingerprint density at radius 1 is 1.02 bits per heavy atom. The Kier molecular flexibility index (Phi) is 11.4. The molecule has 0 radical (unpaired) electrons. The Labute approximate surface area is 339 Å². The zero-order chi connectivity index (χ0) is 41.4. The molecular formula is C42H53N7O8S. The van der Waals surface area contributed by atoms with E-state index in [9.17, 15) is 27.6 Å². The van der Waals surface area contributed by atoms with E-state index >= 15 is 0 Å². The molecule has 3 fully saturated rings. The SMILES string of the molecule is C=C[C@@H]1C[C@]1(NC(=O)[C@@H]1C[C@@H]2CN1C(=O)[C@H](C(C)(C)C)NC(=O)OCCCCCCc1cc(ccc1OC)-c1nn2nc1-c1ccccc1)C(=O)NS(=O)(=O)C1CC1. The van der Waals surface area contributed by atoms with Crippen molar-refractivity contribution >= 4 is 33.8 Å². The number of methoxy groups -OCH3 is 1. The number of ether oxygens (including phenoxy) is 2. The lowest BCUT2D eigenvalue weighted by atomic mass is 9.85. The highest BCUT2D eigenvalue weighted by atomic mass is 32.2. The lowest BCUT2D eigenvalue weighted by Gasteiger charge is -2.35. The molecule has 4 amide bonds. The highest BCUT2D eigenvalue weighted by Crippen LogP contribution is 2.46. The van der Waals surface area contributed by atoms with Crippen molar-refractivity contribution in [2.45, 2.75) is 107 Å². The number of rotatable bonds is 8. The predicted octanol–water partition coefficient (Wildman–Crippen LogP) is 4.69. The van der Waals surface area contributed by atoms with Crippen LogP contribution in [0.3, 0.4) is 0 Å². The van der Waals surface area contributed by atoms with E-state index in [0.717, 1.165) is 48.1 Å². The number of carbonyl (C=O) groups excluding carboxylic acids is 4. The molecule has 3 N–H and O–H groups in total. The third-order valence-corrected chi connectivity index (χ3v) is 13.4. The summed E-state index contributed by atoms with van der Waals surface area (Å²) in [6.45, 7) is 9.41. The standard InChI is InChI=1S/C42H53N7O8S/c1-6-29-24-42(29,39(52)47-58(54,55)31-18-19-31)44-37(50)32-23-30-25-48(32)38(51)36(41(2,3)4)43-40(53)57-21-13-8-7-10-16-27-22-28(17-20-33(27)56-5)35-34(45-49(30)46-35)26-14-11-9-12-15-26/h6,9,11-12,14-15,17,20,22,29-32,36H,1,7-8,10,13,16,18-19,21,23-25H2,2-5H3,(H,43,53)(H,44,50)(H,47,52)/t29-,30-,32+,36-,42-/m1/s1. The summed E-state index contributed by atoms with van der Waals surface area (Å²) in [6.07, 6.45) is 5.91. The van der Waals surface area contributed by atoms with Gasteiger partial charge in [0.15, 0.2) is 0 Å². The molecule has 2 saturated carbocycles. The molecule has 2 aliphatic carbocycles. The summed E-state index contributed by atoms with van der Waals surface area (Å²) in [7, 11) is -2.27. The minimum absolute atomic E-state index is 0.00339. The molecule has 6 bridgehead atoms. The molecule has 5 atom stereocenters. The van der Waals surface area contributed by atoms with E-state index in [1.165, 1.54) is 11.0 Å². The zero-order valence-corrected chi connectivity index (χ0v) is 34.3. The summed E-state index contributed by atoms with van der Waals surface area (Å²) >= 11 is 0. The lowest BCUT2D eigenvalue weighted by molar-refractivity contribution is -0.142. The van der Waals surface area contributed by atoms with Gasteiger partial charge in [-0.1, -0.05) is 70.0 Å². The van der Waals surface area contributed by atoms with Gasteiger partial charge in [-0.15, -0.1) is 6.58 Å². The van der Waals surface area contributed by atoms with E-state index in [2.05, 4.69) is 28.0 Å². The molecule has 0 unspecified atom stereocenters. The first-order chi connectivity index (χ1) is 27.6. The fraction of sp³-hybridized carbons (Fsp3) is 0.524. The van der Waals surface area contributed by atoms with Crippen molar-refractivity contribution in [2.75, 3.05) is 20.3 Å². The molecule has 310 valence electrons. The third-order valence-electron chi connectivity index (χ3n) is 11.6. The highest BCUT2D eigenvalue weighted by Gasteiger charge is 2.62. The summed E-state index contributed by atoms with van der Waals surface area (Å²) < 4.78 is 39.1. The number of hydrogen-bond donors (Lipinski definition) is 3. The van der Waals surface area contributed by atoms with E-state index in [0.29, 0.717) is 30.7 Å². The van der Waals surface area contributed by atoms with Crippen LogP contribution in [-0.2, 0) is 35.6 Å². The number of nitrogens with one attached hydrogen (secondary N) is 3. The van der Waals surface area contributed by atoms with Crippen LogP contribution >= 0.6 is 0 Å². The summed E-state index contributed by atoms with van der Waals surface area (Å²) in [4.78, 5) is 59.1. The second-order valence-corrected chi connectivity index (χ2v) is 18.9. The zero-order valence-electron chi connectivity index (χ0n) is 33.5. The first-order valence-electron chi connectivity index (χ1n) is 20.1. The van der Waals surface area contributed by atoms with E-state index in [-0.39, 0.29) is 26.0 Å². The van der Waals surface area contributed by atoms with Crippen molar-refractivity contribution in [3.05, 3.63) is 66.7 Å². The molecule has 15 nitrogen and oxygen atoms in total. The Morgan fingerprint density at radius 2 is 1.72 bits per heavy atom. The minimum atomic E-state index is -3.91. The molecule has 1 aromatic heterocycles. The van der Waals surface area contributed by atoms with Crippen molar-refractivity contribution in [3.8, 4) is 28.3 Å². The molecule has 1 saturated heterocycles. The first-order valence-corrected chi connectivity index (χ1v) is 21.6. The molecular weight excluding hydrogens is 763 g/mol. The van der Waals surface area contributed by atoms with Crippen LogP contribution in [0, 0.1) is 11.3 Å². The number of amides is 4. The number of cyclic esters (lactones) is 1. The Morgan fingerprint density at radius 3 is 2.38 bits per heavy atom. The number of fused-ring (bicyclic) bond motifs is 8. The normalized spacial score (nSPS) is 25.5. The van der Waals surface area contributed by atoms with Crippen LogP contribution in [0.15, 0.2) is 61.2 Å². The van der Waals surface area contributed by atoms with E-state index in [1.54, 1.807) is 11.9 Å². The van der Waals surface area contributed by atoms with Crippen LogP contribution in [0.2, 0.25) is 0 Å². The summed E-state index contributed by atoms with van der Waals surface area (Å²) in [5, 5.41) is 15.0. The fourth-order valence-corrected chi connectivity index (χ4v) is 9.36. The maximum Gasteiger partial charge on any atom is 0.407 e. The van der Waals surface area contributed by atoms with Crippen molar-refractivity contribution in [1.82, 2.24) is 35.2 Å². The quantitative estimate of drug-likeness (QED) is 0.269. The van der Waals surface area contributed by atoms with E-state index < -0.39 is 74.1 Å². The van der Waals surface area contributed by atoms with Gasteiger partial charge in [0.1, 0.15) is 34.8 Å². The van der Waals surface area contributed by atoms with E-state index in [4.69, 9.17) is 19.7 Å². The average Bonchev–Trinajstić information content (AvgIpc) is 4.08. The maximum absolute atomic E-state index is 14.8. The van der Waals surface area contributed by atoms with Gasteiger partial charge in [-0.3, -0.25) is 19.1 Å². The number of sulfonamides is 1. The van der Waals surface area contributed by atoms with Crippen LogP contribution in [0.5, 0.6) is 5.75 Å². The monoisotopic (exact) mass is 815 g/mol. The number of carbonyl (C=O) groups is 4. The highest BCUT2D eigenvalue weighted by molar-refractivity contribution is 7.91. The largest absolute Gasteiger partial charge is 0.496 e. The van der Waals surface area contributed by atoms with Crippen molar-refractivity contribution < 1.29 is 37.1 Å². The second-order valence-electron chi connectivity index (χ2n) is 16.9. The average molecular weight is 816 g/mol. The number of aryl methyl sites for hydroxylation is 1. The van der Waals surface area contributed by atoms with Crippen LogP contribution in [-0.4, -0.2) is 95.3 Å². The molecule has 3 heterocycles. The van der Waals surface area contributed by atoms with Gasteiger partial charge in [0.05, 0.1) is 25.0 Å². The minimum Gasteiger partial charge on any atom is -0.496 e. The fourth-order valence-electron chi connectivity index (χ4n) is 7.99. The van der Waals surface area contributed by atoms with E-state index in [1.807, 2.05) is 63.2 Å². The number of nitrogens with zero attached hydrogens (tertiary/aromatic N) is 4. The maximum atomic E-state index is 14.8.